The van der Waals surface area contributed by atoms with E-state index in [0.717, 1.165) is 15.3 Å². The van der Waals surface area contributed by atoms with Gasteiger partial charge in [-0.2, -0.15) is 0 Å². The minimum Gasteiger partial charge on any atom is -0.349 e. The molecule has 0 radical (unpaired) electrons. The molecule has 0 unspecified atom stereocenters. The highest BCUT2D eigenvalue weighted by molar-refractivity contribution is 7.16. The average molecular weight is 287 g/mol. The first-order valence-corrected chi connectivity index (χ1v) is 6.93. The number of hydrogen-bond acceptors (Lipinski definition) is 2. The molecule has 20 heavy (non-hydrogen) atoms. The molecular formula is C16H14FNOS. The number of thiophene rings is 1. The fraction of sp³-hybridized carbons (Fsp3) is 0.0625. The Balaban J connectivity index is 2.05. The molecule has 0 aliphatic heterocycles. The summed E-state index contributed by atoms with van der Waals surface area (Å²) in [5.74, 6) is -0.397. The Morgan fingerprint density at radius 2 is 2.00 bits per heavy atom. The molecule has 0 saturated carbocycles. The van der Waals surface area contributed by atoms with Crippen molar-refractivity contribution in [3.05, 3.63) is 65.8 Å². The summed E-state index contributed by atoms with van der Waals surface area (Å²) < 4.78 is 12.9. The topological polar surface area (TPSA) is 29.1 Å². The van der Waals surface area contributed by atoms with E-state index in [0.29, 0.717) is 6.54 Å². The van der Waals surface area contributed by atoms with Gasteiger partial charge in [-0.25, -0.2) is 4.39 Å². The summed E-state index contributed by atoms with van der Waals surface area (Å²) in [6, 6.07) is 10.2. The molecular weight excluding hydrogens is 273 g/mol. The van der Waals surface area contributed by atoms with Gasteiger partial charge in [0, 0.05) is 22.4 Å². The first-order valence-electron chi connectivity index (χ1n) is 6.11. The zero-order valence-corrected chi connectivity index (χ0v) is 11.6. The predicted molar refractivity (Wildman–Crippen MR) is 82.0 cm³/mol. The summed E-state index contributed by atoms with van der Waals surface area (Å²) in [6.07, 6.45) is 4.88. The van der Waals surface area contributed by atoms with Crippen LogP contribution in [-0.2, 0) is 4.79 Å². The molecule has 0 fully saturated rings. The van der Waals surface area contributed by atoms with Crippen molar-refractivity contribution in [2.45, 2.75) is 0 Å². The summed E-state index contributed by atoms with van der Waals surface area (Å²) in [5.41, 5.74) is 0.965. The molecule has 2 rings (SSSR count). The van der Waals surface area contributed by atoms with E-state index < -0.39 is 0 Å². The number of hydrogen-bond donors (Lipinski definition) is 1. The molecule has 1 amide bonds. The lowest BCUT2D eigenvalue weighted by molar-refractivity contribution is -0.116. The molecule has 0 spiro atoms. The van der Waals surface area contributed by atoms with Crippen LogP contribution in [0, 0.1) is 5.82 Å². The van der Waals surface area contributed by atoms with E-state index in [1.54, 1.807) is 35.6 Å². The SMILES string of the molecule is C=CCNC(=O)/C=C/c1ccc(-c2ccc(F)cc2)s1. The van der Waals surface area contributed by atoms with Gasteiger partial charge in [0.05, 0.1) is 0 Å². The standard InChI is InChI=1S/C16H14FNOS/c1-2-11-18-16(19)10-8-14-7-9-15(20-14)12-3-5-13(17)6-4-12/h2-10H,1,11H2,(H,18,19)/b10-8+. The van der Waals surface area contributed by atoms with Gasteiger partial charge >= 0.3 is 0 Å². The molecule has 2 aromatic rings. The minimum absolute atomic E-state index is 0.151. The lowest BCUT2D eigenvalue weighted by Gasteiger charge is -1.96. The predicted octanol–water partition coefficient (Wildman–Crippen LogP) is 3.87. The van der Waals surface area contributed by atoms with Gasteiger partial charge < -0.3 is 5.32 Å². The summed E-state index contributed by atoms with van der Waals surface area (Å²) in [6.45, 7) is 3.98. The first-order chi connectivity index (χ1) is 9.69. The van der Waals surface area contributed by atoms with Crippen molar-refractivity contribution < 1.29 is 9.18 Å². The first kappa shape index (κ1) is 14.2. The lowest BCUT2D eigenvalue weighted by Crippen LogP contribution is -2.20. The van der Waals surface area contributed by atoms with E-state index in [4.69, 9.17) is 0 Å². The fourth-order valence-corrected chi connectivity index (χ4v) is 2.52. The summed E-state index contributed by atoms with van der Waals surface area (Å²) in [5, 5.41) is 2.67. The number of carbonyl (C=O) groups excluding carboxylic acids is 1. The Morgan fingerprint density at radius 1 is 1.25 bits per heavy atom. The molecule has 0 saturated heterocycles. The molecule has 1 aromatic carbocycles. The van der Waals surface area contributed by atoms with Gasteiger partial charge in [0.15, 0.2) is 0 Å². The van der Waals surface area contributed by atoms with Crippen LogP contribution in [0.15, 0.2) is 55.1 Å². The molecule has 102 valence electrons. The maximum absolute atomic E-state index is 12.9. The minimum atomic E-state index is -0.246. The second kappa shape index (κ2) is 6.82. The third kappa shape index (κ3) is 3.90. The van der Waals surface area contributed by atoms with Crippen molar-refractivity contribution in [2.75, 3.05) is 6.54 Å². The Bertz CT molecular complexity index is 628. The Morgan fingerprint density at radius 3 is 2.70 bits per heavy atom. The molecule has 1 N–H and O–H groups in total. The van der Waals surface area contributed by atoms with E-state index in [-0.39, 0.29) is 11.7 Å². The number of benzene rings is 1. The normalized spacial score (nSPS) is 10.7. The highest BCUT2D eigenvalue weighted by atomic mass is 32.1. The van der Waals surface area contributed by atoms with Crippen LogP contribution < -0.4 is 5.32 Å². The van der Waals surface area contributed by atoms with E-state index in [9.17, 15) is 9.18 Å². The Labute approximate surface area is 121 Å². The van der Waals surface area contributed by atoms with Gasteiger partial charge in [-0.1, -0.05) is 18.2 Å². The molecule has 0 aliphatic carbocycles. The van der Waals surface area contributed by atoms with Gasteiger partial charge in [-0.15, -0.1) is 17.9 Å². The van der Waals surface area contributed by atoms with Crippen molar-refractivity contribution in [1.82, 2.24) is 5.32 Å². The molecule has 0 bridgehead atoms. The van der Waals surface area contributed by atoms with Crippen LogP contribution in [0.1, 0.15) is 4.88 Å². The summed E-state index contributed by atoms with van der Waals surface area (Å²) in [7, 11) is 0. The van der Waals surface area contributed by atoms with Crippen LogP contribution in [0.4, 0.5) is 4.39 Å². The molecule has 0 aliphatic rings. The van der Waals surface area contributed by atoms with Crippen molar-refractivity contribution in [3.8, 4) is 10.4 Å². The number of halogens is 1. The van der Waals surface area contributed by atoms with Crippen molar-refractivity contribution in [3.63, 3.8) is 0 Å². The number of carbonyl (C=O) groups is 1. The maximum Gasteiger partial charge on any atom is 0.244 e. The average Bonchev–Trinajstić information content (AvgIpc) is 2.92. The Kier molecular flexibility index (Phi) is 4.85. The van der Waals surface area contributed by atoms with Crippen LogP contribution in [0.3, 0.4) is 0 Å². The van der Waals surface area contributed by atoms with Gasteiger partial charge in [-0.3, -0.25) is 4.79 Å². The molecule has 4 heteroatoms. The van der Waals surface area contributed by atoms with Crippen LogP contribution in [0.2, 0.25) is 0 Å². The van der Waals surface area contributed by atoms with Gasteiger partial charge in [-0.05, 0) is 35.9 Å². The van der Waals surface area contributed by atoms with Gasteiger partial charge in [0.25, 0.3) is 0 Å². The van der Waals surface area contributed by atoms with Crippen LogP contribution in [0.5, 0.6) is 0 Å². The van der Waals surface area contributed by atoms with Crippen molar-refractivity contribution in [2.24, 2.45) is 0 Å². The number of rotatable bonds is 5. The highest BCUT2D eigenvalue weighted by Gasteiger charge is 2.02. The molecule has 2 nitrogen and oxygen atoms in total. The largest absolute Gasteiger partial charge is 0.349 e. The van der Waals surface area contributed by atoms with Crippen LogP contribution in [-0.4, -0.2) is 12.5 Å². The van der Waals surface area contributed by atoms with Crippen molar-refractivity contribution >= 4 is 23.3 Å². The smallest absolute Gasteiger partial charge is 0.244 e. The van der Waals surface area contributed by atoms with Gasteiger partial charge in [0.2, 0.25) is 5.91 Å². The Hall–Kier alpha value is -2.20. The van der Waals surface area contributed by atoms with Gasteiger partial charge in [0.1, 0.15) is 5.82 Å². The third-order valence-electron chi connectivity index (χ3n) is 2.58. The van der Waals surface area contributed by atoms with Crippen LogP contribution >= 0.6 is 11.3 Å². The zero-order valence-electron chi connectivity index (χ0n) is 10.8. The molecule has 1 heterocycles. The summed E-state index contributed by atoms with van der Waals surface area (Å²) >= 11 is 1.55. The monoisotopic (exact) mass is 287 g/mol. The zero-order chi connectivity index (χ0) is 14.4. The second-order valence-electron chi connectivity index (χ2n) is 4.08. The number of amides is 1. The molecule has 1 aromatic heterocycles. The lowest BCUT2D eigenvalue weighted by atomic mass is 10.2. The second-order valence-corrected chi connectivity index (χ2v) is 5.19. The van der Waals surface area contributed by atoms with E-state index in [2.05, 4.69) is 11.9 Å². The maximum atomic E-state index is 12.9. The third-order valence-corrected chi connectivity index (χ3v) is 3.67. The molecule has 0 atom stereocenters. The van der Waals surface area contributed by atoms with Crippen molar-refractivity contribution in [1.29, 1.82) is 0 Å². The number of nitrogens with one attached hydrogen (secondary N) is 1. The van der Waals surface area contributed by atoms with E-state index in [1.165, 1.54) is 18.2 Å². The summed E-state index contributed by atoms with van der Waals surface area (Å²) in [4.78, 5) is 13.4. The quantitative estimate of drug-likeness (QED) is 0.656. The van der Waals surface area contributed by atoms with E-state index in [1.807, 2.05) is 12.1 Å². The van der Waals surface area contributed by atoms with E-state index >= 15 is 0 Å². The van der Waals surface area contributed by atoms with Crippen LogP contribution in [0.25, 0.3) is 16.5 Å². The fourth-order valence-electron chi connectivity index (χ4n) is 1.60. The highest BCUT2D eigenvalue weighted by Crippen LogP contribution is 2.28.